The minimum atomic E-state index is 0.170. The van der Waals surface area contributed by atoms with Gasteiger partial charge in [0.05, 0.1) is 22.3 Å². The first-order valence-corrected chi connectivity index (χ1v) is 8.13. The molecule has 0 bridgehead atoms. The lowest BCUT2D eigenvalue weighted by atomic mass is 10.2. The zero-order chi connectivity index (χ0) is 18.1. The number of aryl methyl sites for hydroxylation is 1. The summed E-state index contributed by atoms with van der Waals surface area (Å²) in [4.78, 5) is 8.69. The van der Waals surface area contributed by atoms with Gasteiger partial charge in [0.1, 0.15) is 23.4 Å². The van der Waals surface area contributed by atoms with Crippen LogP contribution in [0.3, 0.4) is 0 Å². The predicted octanol–water partition coefficient (Wildman–Crippen LogP) is 3.79. The van der Waals surface area contributed by atoms with Gasteiger partial charge in [-0.3, -0.25) is 4.57 Å². The van der Waals surface area contributed by atoms with E-state index in [1.165, 1.54) is 0 Å². The van der Waals surface area contributed by atoms with Crippen LogP contribution in [0.1, 0.15) is 11.3 Å². The molecule has 0 atom stereocenters. The Morgan fingerprint density at radius 3 is 2.73 bits per heavy atom. The van der Waals surface area contributed by atoms with E-state index in [1.807, 2.05) is 47.9 Å². The fourth-order valence-corrected chi connectivity index (χ4v) is 2.72. The molecule has 0 aliphatic rings. The lowest BCUT2D eigenvalue weighted by molar-refractivity contribution is 0.986. The van der Waals surface area contributed by atoms with Gasteiger partial charge < -0.3 is 5.32 Å². The van der Waals surface area contributed by atoms with Crippen LogP contribution in [0.2, 0.25) is 5.15 Å². The number of pyridine rings is 1. The number of hydrogen-bond donors (Lipinski definition) is 1. The fraction of sp³-hybridized carbons (Fsp3) is 0.0556. The van der Waals surface area contributed by atoms with Crippen LogP contribution in [0, 0.1) is 18.3 Å². The zero-order valence-electron chi connectivity index (χ0n) is 13.7. The Labute approximate surface area is 153 Å². The van der Waals surface area contributed by atoms with Crippen LogP contribution in [0.15, 0.2) is 48.8 Å². The van der Waals surface area contributed by atoms with Crippen LogP contribution in [0.5, 0.6) is 0 Å². The SMILES string of the molecule is Cc1ccc(Nc2ccc3c(c2)ncn3-c2ccc(C#N)c(Cl)n2)nn1. The van der Waals surface area contributed by atoms with Gasteiger partial charge in [-0.25, -0.2) is 9.97 Å². The maximum Gasteiger partial charge on any atom is 0.153 e. The third-order valence-electron chi connectivity index (χ3n) is 3.82. The smallest absolute Gasteiger partial charge is 0.153 e. The highest BCUT2D eigenvalue weighted by molar-refractivity contribution is 6.30. The van der Waals surface area contributed by atoms with E-state index in [-0.39, 0.29) is 5.15 Å². The number of halogens is 1. The molecule has 0 saturated carbocycles. The van der Waals surface area contributed by atoms with Crippen LogP contribution in [-0.4, -0.2) is 24.7 Å². The van der Waals surface area contributed by atoms with Gasteiger partial charge in [0.25, 0.3) is 0 Å². The van der Waals surface area contributed by atoms with Gasteiger partial charge >= 0.3 is 0 Å². The summed E-state index contributed by atoms with van der Waals surface area (Å²) >= 11 is 6.03. The van der Waals surface area contributed by atoms with E-state index in [0.717, 1.165) is 22.4 Å². The number of hydrogen-bond acceptors (Lipinski definition) is 6. The number of anilines is 2. The lowest BCUT2D eigenvalue weighted by Crippen LogP contribution is -1.98. The van der Waals surface area contributed by atoms with Crippen LogP contribution in [0.4, 0.5) is 11.5 Å². The van der Waals surface area contributed by atoms with E-state index in [0.29, 0.717) is 17.2 Å². The average molecular weight is 362 g/mol. The number of benzene rings is 1. The summed E-state index contributed by atoms with van der Waals surface area (Å²) in [5, 5.41) is 20.5. The van der Waals surface area contributed by atoms with Gasteiger partial charge in [0, 0.05) is 5.69 Å². The van der Waals surface area contributed by atoms with Crippen molar-refractivity contribution in [1.82, 2.24) is 24.7 Å². The van der Waals surface area contributed by atoms with Crippen molar-refractivity contribution >= 4 is 34.1 Å². The summed E-state index contributed by atoms with van der Waals surface area (Å²) in [6.07, 6.45) is 1.67. The number of nitrogens with zero attached hydrogens (tertiary/aromatic N) is 6. The van der Waals surface area contributed by atoms with Crippen LogP contribution < -0.4 is 5.32 Å². The third-order valence-corrected chi connectivity index (χ3v) is 4.11. The fourth-order valence-electron chi connectivity index (χ4n) is 2.53. The summed E-state index contributed by atoms with van der Waals surface area (Å²) < 4.78 is 1.82. The standard InChI is InChI=1S/C18H12ClN7/c1-11-2-6-16(25-24-11)22-13-4-5-15-14(8-13)21-10-26(15)17-7-3-12(9-20)18(19)23-17/h2-8,10H,1H3,(H,22,25). The van der Waals surface area contributed by atoms with E-state index in [2.05, 4.69) is 25.5 Å². The number of aromatic nitrogens is 5. The quantitative estimate of drug-likeness (QED) is 0.558. The third kappa shape index (κ3) is 2.94. The molecule has 0 spiro atoms. The summed E-state index contributed by atoms with van der Waals surface area (Å²) in [6.45, 7) is 1.89. The molecule has 4 rings (SSSR count). The van der Waals surface area contributed by atoms with Gasteiger partial charge in [0.2, 0.25) is 0 Å². The molecular weight excluding hydrogens is 350 g/mol. The minimum absolute atomic E-state index is 0.170. The Bertz CT molecular complexity index is 1140. The topological polar surface area (TPSA) is 92.3 Å². The van der Waals surface area contributed by atoms with Crippen molar-refractivity contribution in [3.8, 4) is 11.9 Å². The Balaban J connectivity index is 1.68. The van der Waals surface area contributed by atoms with E-state index < -0.39 is 0 Å². The number of nitriles is 1. The molecule has 3 heterocycles. The van der Waals surface area contributed by atoms with Crippen molar-refractivity contribution in [1.29, 1.82) is 5.26 Å². The predicted molar refractivity (Wildman–Crippen MR) is 98.6 cm³/mol. The lowest BCUT2D eigenvalue weighted by Gasteiger charge is -2.07. The summed E-state index contributed by atoms with van der Waals surface area (Å²) in [5.74, 6) is 1.26. The molecule has 0 unspecified atom stereocenters. The van der Waals surface area contributed by atoms with E-state index in [9.17, 15) is 0 Å². The molecule has 3 aromatic heterocycles. The van der Waals surface area contributed by atoms with E-state index in [4.69, 9.17) is 16.9 Å². The first-order chi connectivity index (χ1) is 12.6. The van der Waals surface area contributed by atoms with Crippen molar-refractivity contribution < 1.29 is 0 Å². The van der Waals surface area contributed by atoms with Crippen LogP contribution in [0.25, 0.3) is 16.9 Å². The van der Waals surface area contributed by atoms with Crippen LogP contribution >= 0.6 is 11.6 Å². The van der Waals surface area contributed by atoms with E-state index >= 15 is 0 Å². The maximum atomic E-state index is 8.97. The highest BCUT2D eigenvalue weighted by Crippen LogP contribution is 2.24. The molecular formula is C18H12ClN7. The summed E-state index contributed by atoms with van der Waals surface area (Å²) in [7, 11) is 0. The molecule has 1 N–H and O–H groups in total. The second-order valence-corrected chi connectivity index (χ2v) is 5.98. The number of nitrogens with one attached hydrogen (secondary N) is 1. The molecule has 26 heavy (non-hydrogen) atoms. The van der Waals surface area contributed by atoms with Crippen molar-refractivity contribution in [2.24, 2.45) is 0 Å². The first-order valence-electron chi connectivity index (χ1n) is 7.75. The second-order valence-electron chi connectivity index (χ2n) is 5.62. The van der Waals surface area contributed by atoms with Gasteiger partial charge in [-0.05, 0) is 49.4 Å². The largest absolute Gasteiger partial charge is 0.339 e. The van der Waals surface area contributed by atoms with Crippen molar-refractivity contribution in [3.63, 3.8) is 0 Å². The molecule has 0 aliphatic heterocycles. The van der Waals surface area contributed by atoms with Crippen molar-refractivity contribution in [2.75, 3.05) is 5.32 Å². The van der Waals surface area contributed by atoms with Crippen LogP contribution in [-0.2, 0) is 0 Å². The minimum Gasteiger partial charge on any atom is -0.339 e. The second kappa shape index (κ2) is 6.43. The zero-order valence-corrected chi connectivity index (χ0v) is 14.4. The highest BCUT2D eigenvalue weighted by atomic mass is 35.5. The molecule has 126 valence electrons. The number of fused-ring (bicyclic) bond motifs is 1. The van der Waals surface area contributed by atoms with E-state index in [1.54, 1.807) is 18.5 Å². The Morgan fingerprint density at radius 2 is 2.00 bits per heavy atom. The summed E-state index contributed by atoms with van der Waals surface area (Å²) in [5.41, 5.74) is 3.71. The Hall–Kier alpha value is -3.50. The number of imidazole rings is 1. The van der Waals surface area contributed by atoms with Gasteiger partial charge in [0.15, 0.2) is 5.82 Å². The molecule has 8 heteroatoms. The summed E-state index contributed by atoms with van der Waals surface area (Å²) in [6, 6.07) is 14.9. The molecule has 0 saturated heterocycles. The monoisotopic (exact) mass is 361 g/mol. The van der Waals surface area contributed by atoms with Crippen molar-refractivity contribution in [2.45, 2.75) is 6.92 Å². The molecule has 0 radical (unpaired) electrons. The van der Waals surface area contributed by atoms with Gasteiger partial charge in [-0.2, -0.15) is 10.4 Å². The Morgan fingerprint density at radius 1 is 1.12 bits per heavy atom. The normalized spacial score (nSPS) is 10.7. The molecule has 0 amide bonds. The Kier molecular flexibility index (Phi) is 3.95. The highest BCUT2D eigenvalue weighted by Gasteiger charge is 2.09. The molecule has 0 fully saturated rings. The van der Waals surface area contributed by atoms with Gasteiger partial charge in [-0.1, -0.05) is 11.6 Å². The first kappa shape index (κ1) is 16.0. The molecule has 7 nitrogen and oxygen atoms in total. The molecule has 0 aliphatic carbocycles. The van der Waals surface area contributed by atoms with Gasteiger partial charge in [-0.15, -0.1) is 5.10 Å². The molecule has 4 aromatic rings. The van der Waals surface area contributed by atoms with Crippen molar-refractivity contribution in [3.05, 3.63) is 65.2 Å². The number of rotatable bonds is 3. The molecule has 1 aromatic carbocycles. The maximum absolute atomic E-state index is 8.97. The average Bonchev–Trinajstić information content (AvgIpc) is 3.07.